The highest BCUT2D eigenvalue weighted by molar-refractivity contribution is 5.88. The zero-order valence-electron chi connectivity index (χ0n) is 8.92. The molecule has 0 radical (unpaired) electrons. The monoisotopic (exact) mass is 198 g/mol. The Morgan fingerprint density at radius 3 is 2.87 bits per heavy atom. The first-order valence-corrected chi connectivity index (χ1v) is 5.47. The number of rotatable bonds is 1. The van der Waals surface area contributed by atoms with Gasteiger partial charge in [0.15, 0.2) is 0 Å². The van der Waals surface area contributed by atoms with Crippen LogP contribution < -0.4 is 4.74 Å². The molecule has 1 aliphatic rings. The van der Waals surface area contributed by atoms with E-state index in [1.165, 1.54) is 35.6 Å². The molecule has 0 saturated heterocycles. The van der Waals surface area contributed by atoms with Crippen molar-refractivity contribution in [3.63, 3.8) is 0 Å². The molecule has 0 unspecified atom stereocenters. The van der Waals surface area contributed by atoms with Crippen molar-refractivity contribution in [2.45, 2.75) is 19.3 Å². The molecular weight excluding hydrogens is 184 g/mol. The second-order valence-corrected chi connectivity index (χ2v) is 4.14. The summed E-state index contributed by atoms with van der Waals surface area (Å²) in [5, 5.41) is 2.71. The lowest BCUT2D eigenvalue weighted by Gasteiger charge is -2.07. The Hall–Kier alpha value is -1.50. The fourth-order valence-electron chi connectivity index (χ4n) is 2.53. The van der Waals surface area contributed by atoms with E-state index < -0.39 is 0 Å². The molecule has 3 rings (SSSR count). The Morgan fingerprint density at radius 1 is 1.07 bits per heavy atom. The Balaban J connectivity index is 2.29. The summed E-state index contributed by atoms with van der Waals surface area (Å²) in [4.78, 5) is 0. The standard InChI is InChI=1S/C14H14O/c1-15-12-7-8-14-11(9-12)6-5-10-3-2-4-13(10)14/h5-9H,2-4H2,1H3. The van der Waals surface area contributed by atoms with Crippen LogP contribution >= 0.6 is 0 Å². The van der Waals surface area contributed by atoms with Gasteiger partial charge in [-0.3, -0.25) is 0 Å². The Kier molecular flexibility index (Phi) is 1.91. The highest BCUT2D eigenvalue weighted by atomic mass is 16.5. The van der Waals surface area contributed by atoms with Crippen molar-refractivity contribution in [2.24, 2.45) is 0 Å². The molecule has 0 amide bonds. The predicted molar refractivity (Wildman–Crippen MR) is 62.5 cm³/mol. The Labute approximate surface area is 89.7 Å². The number of aryl methyl sites for hydroxylation is 2. The van der Waals surface area contributed by atoms with Gasteiger partial charge in [-0.05, 0) is 53.3 Å². The summed E-state index contributed by atoms with van der Waals surface area (Å²) in [5.41, 5.74) is 3.09. The molecule has 0 spiro atoms. The van der Waals surface area contributed by atoms with Crippen LogP contribution in [0, 0.1) is 0 Å². The first kappa shape index (κ1) is 8.78. The summed E-state index contributed by atoms with van der Waals surface area (Å²) in [6, 6.07) is 10.8. The molecular formula is C14H14O. The molecule has 0 atom stereocenters. The van der Waals surface area contributed by atoms with E-state index in [4.69, 9.17) is 4.74 Å². The van der Waals surface area contributed by atoms with Crippen LogP contribution in [0.4, 0.5) is 0 Å². The van der Waals surface area contributed by atoms with Crippen LogP contribution in [0.1, 0.15) is 17.5 Å². The summed E-state index contributed by atoms with van der Waals surface area (Å²) in [6.07, 6.45) is 3.79. The molecule has 0 saturated carbocycles. The topological polar surface area (TPSA) is 9.23 Å². The lowest BCUT2D eigenvalue weighted by atomic mass is 10.0. The number of ether oxygens (including phenoxy) is 1. The van der Waals surface area contributed by atoms with Gasteiger partial charge in [0.1, 0.15) is 5.75 Å². The normalized spacial score (nSPS) is 14.2. The first-order valence-electron chi connectivity index (χ1n) is 5.47. The van der Waals surface area contributed by atoms with E-state index in [1.807, 2.05) is 0 Å². The SMILES string of the molecule is COc1ccc2c3c(ccc2c1)CCC3. The van der Waals surface area contributed by atoms with Gasteiger partial charge in [-0.15, -0.1) is 0 Å². The third-order valence-electron chi connectivity index (χ3n) is 3.31. The average molecular weight is 198 g/mol. The molecule has 1 heteroatoms. The lowest BCUT2D eigenvalue weighted by molar-refractivity contribution is 0.415. The zero-order valence-corrected chi connectivity index (χ0v) is 8.92. The third kappa shape index (κ3) is 1.30. The Bertz CT molecular complexity index is 514. The van der Waals surface area contributed by atoms with Crippen molar-refractivity contribution in [2.75, 3.05) is 7.11 Å². The van der Waals surface area contributed by atoms with Gasteiger partial charge in [0.2, 0.25) is 0 Å². The molecule has 0 N–H and O–H groups in total. The molecule has 1 aliphatic carbocycles. The van der Waals surface area contributed by atoms with Crippen molar-refractivity contribution >= 4 is 10.8 Å². The van der Waals surface area contributed by atoms with Crippen LogP contribution in [0.5, 0.6) is 5.75 Å². The molecule has 0 bridgehead atoms. The molecule has 15 heavy (non-hydrogen) atoms. The zero-order chi connectivity index (χ0) is 10.3. The van der Waals surface area contributed by atoms with Gasteiger partial charge in [-0.2, -0.15) is 0 Å². The highest BCUT2D eigenvalue weighted by Gasteiger charge is 2.13. The van der Waals surface area contributed by atoms with E-state index in [0.29, 0.717) is 0 Å². The molecule has 1 nitrogen and oxygen atoms in total. The summed E-state index contributed by atoms with van der Waals surface area (Å²) >= 11 is 0. The van der Waals surface area contributed by atoms with Gasteiger partial charge in [0, 0.05) is 0 Å². The van der Waals surface area contributed by atoms with Crippen LogP contribution in [-0.4, -0.2) is 7.11 Å². The van der Waals surface area contributed by atoms with E-state index >= 15 is 0 Å². The molecule has 2 aromatic carbocycles. The Morgan fingerprint density at radius 2 is 2.00 bits per heavy atom. The molecule has 2 aromatic rings. The van der Waals surface area contributed by atoms with Crippen LogP contribution in [0.25, 0.3) is 10.8 Å². The van der Waals surface area contributed by atoms with Crippen LogP contribution in [0.3, 0.4) is 0 Å². The minimum Gasteiger partial charge on any atom is -0.497 e. The van der Waals surface area contributed by atoms with Gasteiger partial charge in [-0.25, -0.2) is 0 Å². The van der Waals surface area contributed by atoms with Crippen molar-refractivity contribution in [1.82, 2.24) is 0 Å². The van der Waals surface area contributed by atoms with Crippen molar-refractivity contribution < 1.29 is 4.74 Å². The predicted octanol–water partition coefficient (Wildman–Crippen LogP) is 3.34. The van der Waals surface area contributed by atoms with E-state index in [0.717, 1.165) is 5.75 Å². The van der Waals surface area contributed by atoms with Crippen LogP contribution in [0.15, 0.2) is 30.3 Å². The van der Waals surface area contributed by atoms with E-state index in [2.05, 4.69) is 30.3 Å². The molecule has 0 heterocycles. The van der Waals surface area contributed by atoms with Gasteiger partial charge in [0.05, 0.1) is 7.11 Å². The van der Waals surface area contributed by atoms with E-state index in [9.17, 15) is 0 Å². The maximum atomic E-state index is 5.24. The first-order chi connectivity index (χ1) is 7.38. The molecule has 0 aliphatic heterocycles. The minimum atomic E-state index is 0.945. The summed E-state index contributed by atoms with van der Waals surface area (Å²) in [6.45, 7) is 0. The minimum absolute atomic E-state index is 0.945. The maximum Gasteiger partial charge on any atom is 0.119 e. The van der Waals surface area contributed by atoms with Crippen molar-refractivity contribution in [3.05, 3.63) is 41.5 Å². The molecule has 0 fully saturated rings. The fraction of sp³-hybridized carbons (Fsp3) is 0.286. The van der Waals surface area contributed by atoms with E-state index in [1.54, 1.807) is 12.7 Å². The second-order valence-electron chi connectivity index (χ2n) is 4.14. The summed E-state index contributed by atoms with van der Waals surface area (Å²) in [5.74, 6) is 0.945. The molecule has 76 valence electrons. The average Bonchev–Trinajstić information content (AvgIpc) is 2.76. The van der Waals surface area contributed by atoms with E-state index in [-0.39, 0.29) is 0 Å². The lowest BCUT2D eigenvalue weighted by Crippen LogP contribution is -1.87. The van der Waals surface area contributed by atoms with Gasteiger partial charge < -0.3 is 4.74 Å². The van der Waals surface area contributed by atoms with Gasteiger partial charge in [0.25, 0.3) is 0 Å². The number of hydrogen-bond donors (Lipinski definition) is 0. The molecule has 0 aromatic heterocycles. The van der Waals surface area contributed by atoms with Crippen LogP contribution in [-0.2, 0) is 12.8 Å². The van der Waals surface area contributed by atoms with Gasteiger partial charge in [-0.1, -0.05) is 18.2 Å². The quantitative estimate of drug-likeness (QED) is 0.683. The highest BCUT2D eigenvalue weighted by Crippen LogP contribution is 2.31. The fourth-order valence-corrected chi connectivity index (χ4v) is 2.53. The number of benzene rings is 2. The van der Waals surface area contributed by atoms with Gasteiger partial charge >= 0.3 is 0 Å². The van der Waals surface area contributed by atoms with Crippen molar-refractivity contribution in [3.8, 4) is 5.75 Å². The third-order valence-corrected chi connectivity index (χ3v) is 3.31. The summed E-state index contributed by atoms with van der Waals surface area (Å²) in [7, 11) is 1.72. The maximum absolute atomic E-state index is 5.24. The second kappa shape index (κ2) is 3.27. The largest absolute Gasteiger partial charge is 0.497 e. The van der Waals surface area contributed by atoms with Crippen LogP contribution in [0.2, 0.25) is 0 Å². The summed E-state index contributed by atoms with van der Waals surface area (Å²) < 4.78 is 5.24. The smallest absolute Gasteiger partial charge is 0.119 e. The number of methoxy groups -OCH3 is 1. The number of fused-ring (bicyclic) bond motifs is 3. The van der Waals surface area contributed by atoms with Crippen molar-refractivity contribution in [1.29, 1.82) is 0 Å². The number of hydrogen-bond acceptors (Lipinski definition) is 1.